The molecule has 0 amide bonds. The lowest BCUT2D eigenvalue weighted by Crippen LogP contribution is -2.39. The molecule has 102 valence electrons. The second-order valence-electron chi connectivity index (χ2n) is 6.63. The first-order chi connectivity index (χ1) is 8.21. The molecule has 0 aromatic rings. The van der Waals surface area contributed by atoms with E-state index >= 15 is 0 Å². The lowest BCUT2D eigenvalue weighted by Gasteiger charge is -2.32. The van der Waals surface area contributed by atoms with Crippen LogP contribution in [0.3, 0.4) is 0 Å². The van der Waals surface area contributed by atoms with Crippen molar-refractivity contribution in [1.82, 2.24) is 0 Å². The lowest BCUT2D eigenvalue weighted by molar-refractivity contribution is -0.115. The average molecular weight is 252 g/mol. The molecule has 2 aliphatic carbocycles. The zero-order valence-electron chi connectivity index (χ0n) is 11.7. The Hall–Kier alpha value is -0.670. The topological polar surface area (TPSA) is 57.5 Å². The highest BCUT2D eigenvalue weighted by Gasteiger charge is 2.43. The summed E-state index contributed by atoms with van der Waals surface area (Å²) in [6, 6.07) is 0. The quantitative estimate of drug-likeness (QED) is 0.751. The summed E-state index contributed by atoms with van der Waals surface area (Å²) < 4.78 is 0. The number of rotatable bonds is 1. The number of aliphatic hydroxyl groups is 2. The number of hydrogen-bond acceptors (Lipinski definition) is 3. The summed E-state index contributed by atoms with van der Waals surface area (Å²) in [6.07, 6.45) is 1.43. The summed E-state index contributed by atoms with van der Waals surface area (Å²) in [5.74, 6) is 0.650. The molecule has 2 aliphatic rings. The van der Waals surface area contributed by atoms with E-state index in [0.29, 0.717) is 25.2 Å². The van der Waals surface area contributed by atoms with Gasteiger partial charge in [0, 0.05) is 12.3 Å². The van der Waals surface area contributed by atoms with Crippen molar-refractivity contribution in [1.29, 1.82) is 0 Å². The molecule has 4 unspecified atom stereocenters. The Bertz CT molecular complexity index is 389. The Morgan fingerprint density at radius 1 is 1.28 bits per heavy atom. The molecule has 0 heterocycles. The molecule has 2 rings (SSSR count). The maximum absolute atomic E-state index is 11.9. The molecule has 2 N–H and O–H groups in total. The number of Topliss-reactive ketones (excluding diaryl/α,β-unsaturated/α-hetero) is 1. The van der Waals surface area contributed by atoms with E-state index in [-0.39, 0.29) is 17.6 Å². The first-order valence-electron chi connectivity index (χ1n) is 6.85. The van der Waals surface area contributed by atoms with Crippen molar-refractivity contribution in [2.45, 2.75) is 58.7 Å². The van der Waals surface area contributed by atoms with Gasteiger partial charge in [-0.3, -0.25) is 4.79 Å². The van der Waals surface area contributed by atoms with Crippen LogP contribution in [0, 0.1) is 17.8 Å². The molecule has 4 atom stereocenters. The third-order valence-corrected chi connectivity index (χ3v) is 4.86. The minimum Gasteiger partial charge on any atom is -0.393 e. The maximum Gasteiger partial charge on any atom is 0.159 e. The highest BCUT2D eigenvalue weighted by atomic mass is 16.3. The number of allylic oxidation sites excluding steroid dienone is 2. The monoisotopic (exact) mass is 252 g/mol. The van der Waals surface area contributed by atoms with E-state index in [2.05, 4.69) is 6.92 Å². The van der Waals surface area contributed by atoms with E-state index in [9.17, 15) is 15.0 Å². The van der Waals surface area contributed by atoms with E-state index < -0.39 is 11.7 Å². The highest BCUT2D eigenvalue weighted by Crippen LogP contribution is 2.46. The van der Waals surface area contributed by atoms with E-state index in [1.54, 1.807) is 13.8 Å². The minimum atomic E-state index is -0.910. The molecule has 1 fully saturated rings. The molecule has 3 heteroatoms. The summed E-state index contributed by atoms with van der Waals surface area (Å²) in [5.41, 5.74) is 1.14. The molecule has 0 saturated heterocycles. The molecule has 0 radical (unpaired) electrons. The van der Waals surface area contributed by atoms with Crippen LogP contribution in [0.4, 0.5) is 0 Å². The van der Waals surface area contributed by atoms with Crippen molar-refractivity contribution in [2.75, 3.05) is 0 Å². The predicted octanol–water partition coefficient (Wildman–Crippen LogP) is 2.07. The van der Waals surface area contributed by atoms with Gasteiger partial charge in [0.15, 0.2) is 5.78 Å². The maximum atomic E-state index is 11.9. The standard InChI is InChI=1S/C15H24O3/c1-8-5-14(17)12(15(3,4)18)6-11-9(2)13(16)7-10(8)11/h8,10,12,14,17-18H,5-7H2,1-4H3. The average Bonchev–Trinajstić information content (AvgIpc) is 2.43. The van der Waals surface area contributed by atoms with Crippen LogP contribution < -0.4 is 0 Å². The number of hydrogen-bond donors (Lipinski definition) is 2. The summed E-state index contributed by atoms with van der Waals surface area (Å²) in [6.45, 7) is 7.49. The number of aliphatic hydroxyl groups excluding tert-OH is 1. The highest BCUT2D eigenvalue weighted by molar-refractivity contribution is 5.98. The fraction of sp³-hybridized carbons (Fsp3) is 0.800. The Morgan fingerprint density at radius 2 is 1.89 bits per heavy atom. The van der Waals surface area contributed by atoms with Gasteiger partial charge in [-0.1, -0.05) is 12.5 Å². The van der Waals surface area contributed by atoms with Crippen LogP contribution in [0.2, 0.25) is 0 Å². The van der Waals surface area contributed by atoms with Crippen LogP contribution in [0.5, 0.6) is 0 Å². The fourth-order valence-electron chi connectivity index (χ4n) is 3.59. The van der Waals surface area contributed by atoms with Gasteiger partial charge in [-0.2, -0.15) is 0 Å². The van der Waals surface area contributed by atoms with Gasteiger partial charge in [0.25, 0.3) is 0 Å². The van der Waals surface area contributed by atoms with Crippen molar-refractivity contribution in [2.24, 2.45) is 17.8 Å². The van der Waals surface area contributed by atoms with Crippen LogP contribution in [0.25, 0.3) is 0 Å². The summed E-state index contributed by atoms with van der Waals surface area (Å²) in [7, 11) is 0. The first-order valence-corrected chi connectivity index (χ1v) is 6.85. The van der Waals surface area contributed by atoms with Gasteiger partial charge in [-0.05, 0) is 51.0 Å². The van der Waals surface area contributed by atoms with E-state index in [1.165, 1.54) is 5.57 Å². The zero-order chi connectivity index (χ0) is 13.7. The largest absolute Gasteiger partial charge is 0.393 e. The van der Waals surface area contributed by atoms with Gasteiger partial charge >= 0.3 is 0 Å². The Labute approximate surface area is 109 Å². The Kier molecular flexibility index (Phi) is 3.41. The molecule has 0 aromatic heterocycles. The number of carbonyl (C=O) groups is 1. The van der Waals surface area contributed by atoms with Crippen LogP contribution >= 0.6 is 0 Å². The molecule has 0 aromatic carbocycles. The van der Waals surface area contributed by atoms with Crippen molar-refractivity contribution in [3.63, 3.8) is 0 Å². The van der Waals surface area contributed by atoms with E-state index in [1.807, 2.05) is 6.92 Å². The predicted molar refractivity (Wildman–Crippen MR) is 70.0 cm³/mol. The van der Waals surface area contributed by atoms with Crippen molar-refractivity contribution in [3.05, 3.63) is 11.1 Å². The third-order valence-electron chi connectivity index (χ3n) is 4.86. The summed E-state index contributed by atoms with van der Waals surface area (Å²) in [5, 5.41) is 20.5. The second kappa shape index (κ2) is 4.46. The number of carbonyl (C=O) groups excluding carboxylic acids is 1. The molecular formula is C15H24O3. The number of fused-ring (bicyclic) bond motifs is 1. The third kappa shape index (κ3) is 2.26. The molecular weight excluding hydrogens is 228 g/mol. The van der Waals surface area contributed by atoms with Crippen molar-refractivity contribution in [3.8, 4) is 0 Å². The van der Waals surface area contributed by atoms with Crippen LogP contribution in [-0.2, 0) is 4.79 Å². The molecule has 3 nitrogen and oxygen atoms in total. The Balaban J connectivity index is 2.37. The van der Waals surface area contributed by atoms with E-state index in [0.717, 1.165) is 5.57 Å². The van der Waals surface area contributed by atoms with Crippen LogP contribution in [0.15, 0.2) is 11.1 Å². The van der Waals surface area contributed by atoms with Crippen molar-refractivity contribution >= 4 is 5.78 Å². The van der Waals surface area contributed by atoms with Crippen molar-refractivity contribution < 1.29 is 15.0 Å². The molecule has 1 saturated carbocycles. The molecule has 18 heavy (non-hydrogen) atoms. The Morgan fingerprint density at radius 3 is 2.44 bits per heavy atom. The molecule has 0 aliphatic heterocycles. The smallest absolute Gasteiger partial charge is 0.159 e. The SMILES string of the molecule is CC1=C2CC(C(C)(C)O)C(O)CC(C)C2CC1=O. The molecule has 0 spiro atoms. The van der Waals surface area contributed by atoms with Crippen LogP contribution in [-0.4, -0.2) is 27.7 Å². The fourth-order valence-corrected chi connectivity index (χ4v) is 3.59. The van der Waals surface area contributed by atoms with Gasteiger partial charge in [0.1, 0.15) is 0 Å². The van der Waals surface area contributed by atoms with Gasteiger partial charge in [0.05, 0.1) is 11.7 Å². The van der Waals surface area contributed by atoms with E-state index in [4.69, 9.17) is 0 Å². The van der Waals surface area contributed by atoms with Gasteiger partial charge in [0.2, 0.25) is 0 Å². The van der Waals surface area contributed by atoms with Gasteiger partial charge in [-0.15, -0.1) is 0 Å². The summed E-state index contributed by atoms with van der Waals surface area (Å²) >= 11 is 0. The molecule has 0 bridgehead atoms. The van der Waals surface area contributed by atoms with Gasteiger partial charge in [-0.25, -0.2) is 0 Å². The zero-order valence-corrected chi connectivity index (χ0v) is 11.7. The second-order valence-corrected chi connectivity index (χ2v) is 6.63. The van der Waals surface area contributed by atoms with Crippen LogP contribution in [0.1, 0.15) is 47.0 Å². The first kappa shape index (κ1) is 13.8. The lowest BCUT2D eigenvalue weighted by atomic mass is 9.81. The normalized spacial score (nSPS) is 37.8. The summed E-state index contributed by atoms with van der Waals surface area (Å²) in [4.78, 5) is 11.9. The number of ketones is 1. The minimum absolute atomic E-state index is 0.180. The van der Waals surface area contributed by atoms with Gasteiger partial charge < -0.3 is 10.2 Å².